The fourth-order valence-corrected chi connectivity index (χ4v) is 16.7. The summed E-state index contributed by atoms with van der Waals surface area (Å²) in [5.74, 6) is 0. The largest absolute Gasteiger partial charge is 0.741 e. The van der Waals surface area contributed by atoms with Gasteiger partial charge in [-0.2, -0.15) is 13.2 Å². The number of rotatable bonds is 18. The topological polar surface area (TPSA) is 75.7 Å². The summed E-state index contributed by atoms with van der Waals surface area (Å²) in [7, 11) is -6.54. The van der Waals surface area contributed by atoms with Gasteiger partial charge >= 0.3 is 5.51 Å². The minimum Gasteiger partial charge on any atom is -0.741 e. The van der Waals surface area contributed by atoms with Crippen molar-refractivity contribution in [1.82, 2.24) is 0 Å². The maximum atomic E-state index is 10.7. The molecule has 1 fully saturated rings. The van der Waals surface area contributed by atoms with Crippen LogP contribution in [0.15, 0.2) is 315 Å². The van der Waals surface area contributed by atoms with Crippen molar-refractivity contribution in [2.45, 2.75) is 53.9 Å². The molecule has 0 spiro atoms. The fraction of sp³-hybridized carbons (Fsp3) is 0.143. The molecule has 1 heterocycles. The van der Waals surface area contributed by atoms with Gasteiger partial charge in [0.15, 0.2) is 31.8 Å². The number of benzene rings is 12. The van der Waals surface area contributed by atoms with Gasteiger partial charge in [-0.05, 0) is 209 Å². The Kier molecular flexibility index (Phi) is 19.6. The Morgan fingerprint density at radius 1 is 0.330 bits per heavy atom. The first-order valence-electron chi connectivity index (χ1n) is 31.7. The number of hydrogen-bond acceptors (Lipinski definition) is 5. The molecule has 10 heteroatoms. The van der Waals surface area contributed by atoms with Gasteiger partial charge < -0.3 is 14.0 Å². The van der Waals surface area contributed by atoms with Crippen LogP contribution in [-0.2, 0) is 41.7 Å². The average Bonchev–Trinajstić information content (AvgIpc) is 1.23. The zero-order valence-electron chi connectivity index (χ0n) is 52.5. The normalized spacial score (nSPS) is 14.5. The van der Waals surface area contributed by atoms with E-state index in [1.807, 2.05) is 0 Å². The standard InChI is InChI=1S/C83H71O2S.CHF3O3S/c1-4-84-82(76-52-68(60-30-14-6-15-31-60)48-69(53-76)61-32-16-7-17-33-61,77-54-70(62-34-18-8-19-35-62)49-71(55-77)63-36-20-9-21-37-63)80-46-47-81(86(80)3)83(85-5-2,78-56-72(64-38-22-10-23-39-64)50-73(57-78)65-40-24-11-25-41-65)79-58-74(66-42-26-12-27-43-66)51-75(59-79)67-44-28-13-29-45-67;2-1(3,4)8(5,6)7/h6-45,48-59,80-81H,4-5,46-47H2,1-3H3;(H,5,6,7)/q+1;/p-1/t80-,81-;/m0./s1. The molecule has 13 rings (SSSR count). The van der Waals surface area contributed by atoms with Gasteiger partial charge in [-0.3, -0.25) is 0 Å². The molecule has 94 heavy (non-hydrogen) atoms. The number of ether oxygens (including phenoxy) is 2. The first kappa shape index (κ1) is 64.7. The molecule has 0 bridgehead atoms. The molecule has 12 aromatic carbocycles. The Morgan fingerprint density at radius 2 is 0.489 bits per heavy atom. The van der Waals surface area contributed by atoms with Crippen LogP contribution in [0.1, 0.15) is 48.9 Å². The summed E-state index contributed by atoms with van der Waals surface area (Å²) in [5.41, 5.74) is 15.5. The van der Waals surface area contributed by atoms with Crippen LogP contribution >= 0.6 is 0 Å². The Labute approximate surface area is 553 Å². The Bertz CT molecular complexity index is 3840. The molecule has 0 radical (unpaired) electrons. The number of alkyl halides is 3. The molecule has 1 aliphatic heterocycles. The van der Waals surface area contributed by atoms with Crippen LogP contribution in [-0.4, -0.2) is 48.4 Å². The third-order valence-electron chi connectivity index (χ3n) is 17.8. The molecule has 0 unspecified atom stereocenters. The maximum absolute atomic E-state index is 10.7. The monoisotopic (exact) mass is 1280 g/mol. The van der Waals surface area contributed by atoms with E-state index in [1.165, 1.54) is 0 Å². The lowest BCUT2D eigenvalue weighted by Gasteiger charge is -2.42. The highest BCUT2D eigenvalue weighted by molar-refractivity contribution is 7.97. The van der Waals surface area contributed by atoms with E-state index in [9.17, 15) is 13.2 Å². The average molecular weight is 1280 g/mol. The van der Waals surface area contributed by atoms with Gasteiger partial charge in [-0.1, -0.05) is 243 Å². The first-order chi connectivity index (χ1) is 45.7. The molecule has 470 valence electrons. The van der Waals surface area contributed by atoms with Crippen molar-refractivity contribution in [3.63, 3.8) is 0 Å². The molecule has 12 aromatic rings. The summed E-state index contributed by atoms with van der Waals surface area (Å²) < 4.78 is 75.0. The van der Waals surface area contributed by atoms with Crippen LogP contribution in [0.5, 0.6) is 0 Å². The van der Waals surface area contributed by atoms with Gasteiger partial charge in [0.2, 0.25) is 0 Å². The van der Waals surface area contributed by atoms with E-state index in [4.69, 9.17) is 22.4 Å². The van der Waals surface area contributed by atoms with E-state index in [1.54, 1.807) is 0 Å². The fourth-order valence-electron chi connectivity index (χ4n) is 13.6. The SMILES string of the molecule is CCOC(c1cc(-c2ccccc2)cc(-c2ccccc2)c1)(c1cc(-c2ccccc2)cc(-c2ccccc2)c1)[C@@H]1CC[C@@H](C(OCC)(c2cc(-c3ccccc3)cc(-c3ccccc3)c2)c2cc(-c3ccccc3)cc(-c3ccccc3)c2)[S+]1C.O=S(=O)([O-])C(F)(F)F. The number of hydrogen-bond donors (Lipinski definition) is 0. The summed E-state index contributed by atoms with van der Waals surface area (Å²) in [5, 5.41) is -0.0678. The van der Waals surface area contributed by atoms with Crippen molar-refractivity contribution in [3.8, 4) is 89.0 Å². The summed E-state index contributed by atoms with van der Waals surface area (Å²) in [6, 6.07) is 116. The molecule has 0 aromatic heterocycles. The van der Waals surface area contributed by atoms with Crippen LogP contribution < -0.4 is 0 Å². The highest BCUT2D eigenvalue weighted by atomic mass is 32.2. The first-order valence-corrected chi connectivity index (χ1v) is 34.8. The van der Waals surface area contributed by atoms with E-state index in [0.717, 1.165) is 124 Å². The quantitative estimate of drug-likeness (QED) is 0.0486. The van der Waals surface area contributed by atoms with Crippen LogP contribution in [0.4, 0.5) is 13.2 Å². The van der Waals surface area contributed by atoms with Crippen molar-refractivity contribution >= 4 is 21.0 Å². The van der Waals surface area contributed by atoms with Crippen LogP contribution in [0.3, 0.4) is 0 Å². The molecular formula is C84H71F3O5S2. The minimum atomic E-state index is -6.09. The second-order valence-electron chi connectivity index (χ2n) is 23.5. The predicted octanol–water partition coefficient (Wildman–Crippen LogP) is 21.1. The van der Waals surface area contributed by atoms with Gasteiger partial charge in [-0.25, -0.2) is 8.42 Å². The van der Waals surface area contributed by atoms with E-state index >= 15 is 0 Å². The van der Waals surface area contributed by atoms with Crippen LogP contribution in [0.2, 0.25) is 0 Å². The Balaban J connectivity index is 0.000000996. The lowest BCUT2D eigenvalue weighted by molar-refractivity contribution is -0.0518. The second kappa shape index (κ2) is 28.5. The zero-order valence-corrected chi connectivity index (χ0v) is 54.1. The molecule has 1 aliphatic rings. The molecule has 0 saturated carbocycles. The van der Waals surface area contributed by atoms with Gasteiger partial charge in [0.25, 0.3) is 0 Å². The van der Waals surface area contributed by atoms with Gasteiger partial charge in [-0.15, -0.1) is 0 Å². The van der Waals surface area contributed by atoms with E-state index in [-0.39, 0.29) is 10.5 Å². The summed E-state index contributed by atoms with van der Waals surface area (Å²) in [4.78, 5) is 0. The van der Waals surface area contributed by atoms with Gasteiger partial charge in [0.05, 0.1) is 6.26 Å². The highest BCUT2D eigenvalue weighted by Gasteiger charge is 2.64. The van der Waals surface area contributed by atoms with Gasteiger partial charge in [0, 0.05) is 26.1 Å². The third kappa shape index (κ3) is 13.7. The van der Waals surface area contributed by atoms with Crippen molar-refractivity contribution in [2.24, 2.45) is 0 Å². The third-order valence-corrected chi connectivity index (χ3v) is 21.3. The van der Waals surface area contributed by atoms with Crippen LogP contribution in [0.25, 0.3) is 89.0 Å². The molecule has 5 nitrogen and oxygen atoms in total. The van der Waals surface area contributed by atoms with Crippen molar-refractivity contribution in [3.05, 3.63) is 338 Å². The molecule has 1 saturated heterocycles. The Hall–Kier alpha value is -9.39. The molecule has 0 N–H and O–H groups in total. The lowest BCUT2D eigenvalue weighted by atomic mass is 9.75. The van der Waals surface area contributed by atoms with Crippen LogP contribution in [0, 0.1) is 0 Å². The predicted molar refractivity (Wildman–Crippen MR) is 380 cm³/mol. The molecule has 2 atom stereocenters. The maximum Gasteiger partial charge on any atom is 0.485 e. The summed E-state index contributed by atoms with van der Waals surface area (Å²) >= 11 is 0. The van der Waals surface area contributed by atoms with Crippen molar-refractivity contribution in [2.75, 3.05) is 19.5 Å². The highest BCUT2D eigenvalue weighted by Crippen LogP contribution is 2.56. The summed E-state index contributed by atoms with van der Waals surface area (Å²) in [6.45, 7) is 5.36. The van der Waals surface area contributed by atoms with E-state index in [0.29, 0.717) is 13.2 Å². The molecule has 0 amide bonds. The van der Waals surface area contributed by atoms with E-state index < -0.39 is 37.7 Å². The number of halogens is 3. The Morgan fingerprint density at radius 3 is 0.628 bits per heavy atom. The smallest absolute Gasteiger partial charge is 0.485 e. The molecule has 0 aliphatic carbocycles. The van der Waals surface area contributed by atoms with Crippen molar-refractivity contribution < 1.29 is 35.6 Å². The lowest BCUT2D eigenvalue weighted by Crippen LogP contribution is -2.51. The van der Waals surface area contributed by atoms with E-state index in [2.05, 4.69) is 336 Å². The van der Waals surface area contributed by atoms with Crippen molar-refractivity contribution in [1.29, 1.82) is 0 Å². The summed E-state index contributed by atoms with van der Waals surface area (Å²) in [6.07, 6.45) is 4.30. The zero-order chi connectivity index (χ0) is 65.3. The second-order valence-corrected chi connectivity index (χ2v) is 27.2. The minimum absolute atomic E-state index is 0.0339. The van der Waals surface area contributed by atoms with Gasteiger partial charge in [0.1, 0.15) is 0 Å². The molecular weight excluding hydrogens is 1210 g/mol.